The van der Waals surface area contributed by atoms with Crippen molar-refractivity contribution in [3.8, 4) is 5.75 Å². The number of hydrogen-bond donors (Lipinski definition) is 1. The molecule has 9 nitrogen and oxygen atoms in total. The van der Waals surface area contributed by atoms with Crippen molar-refractivity contribution < 1.29 is 33.4 Å². The third kappa shape index (κ3) is 10.6. The fourth-order valence-electron chi connectivity index (χ4n) is 5.60. The number of nitrogens with zero attached hydrogens (tertiary/aromatic N) is 1. The van der Waals surface area contributed by atoms with Crippen LogP contribution in [-0.4, -0.2) is 58.7 Å². The largest absolute Gasteiger partial charge is 0.491 e. The molecule has 1 heterocycles. The van der Waals surface area contributed by atoms with Gasteiger partial charge in [-0.3, -0.25) is 14.4 Å². The molecular weight excluding hydrogens is 628 g/mol. The molecule has 0 saturated heterocycles. The van der Waals surface area contributed by atoms with Gasteiger partial charge in [-0.1, -0.05) is 74.5 Å². The molecule has 0 fully saturated rings. The van der Waals surface area contributed by atoms with E-state index in [9.17, 15) is 19.2 Å². The van der Waals surface area contributed by atoms with Gasteiger partial charge in [-0.05, 0) is 62.4 Å². The first-order valence-electron chi connectivity index (χ1n) is 16.3. The van der Waals surface area contributed by atoms with Crippen LogP contribution in [-0.2, 0) is 41.7 Å². The molecule has 0 radical (unpaired) electrons. The van der Waals surface area contributed by atoms with Gasteiger partial charge in [-0.2, -0.15) is 0 Å². The number of hydrogen-bond acceptors (Lipinski definition) is 8. The third-order valence-corrected chi connectivity index (χ3v) is 8.56. The molecule has 0 bridgehead atoms. The average Bonchev–Trinajstić information content (AvgIpc) is 3.44. The lowest BCUT2D eigenvalue weighted by molar-refractivity contribution is -0.160. The maximum absolute atomic E-state index is 14.8. The quantitative estimate of drug-likeness (QED) is 0.157. The Morgan fingerprint density at radius 2 is 1.60 bits per heavy atom. The molecule has 3 aromatic rings. The molecule has 0 aliphatic carbocycles. The van der Waals surface area contributed by atoms with Crippen LogP contribution in [0.15, 0.2) is 83.8 Å². The van der Waals surface area contributed by atoms with Crippen LogP contribution >= 0.6 is 11.8 Å². The second kappa shape index (κ2) is 16.7. The van der Waals surface area contributed by atoms with Gasteiger partial charge in [0.05, 0.1) is 11.8 Å². The monoisotopic (exact) mass is 674 g/mol. The van der Waals surface area contributed by atoms with E-state index in [0.717, 1.165) is 16.0 Å². The molecule has 1 N–H and O–H groups in total. The van der Waals surface area contributed by atoms with Crippen molar-refractivity contribution in [1.29, 1.82) is 0 Å². The van der Waals surface area contributed by atoms with Crippen molar-refractivity contribution in [2.24, 2.45) is 5.92 Å². The number of carbonyl (C=O) groups excluding carboxylic acids is 4. The zero-order valence-electron chi connectivity index (χ0n) is 28.6. The molecule has 3 atom stereocenters. The number of amides is 2. The summed E-state index contributed by atoms with van der Waals surface area (Å²) in [6.07, 6.45) is 0.561. The molecule has 1 aliphatic heterocycles. The van der Waals surface area contributed by atoms with Crippen LogP contribution in [0.2, 0.25) is 0 Å². The molecule has 3 aromatic carbocycles. The van der Waals surface area contributed by atoms with Crippen molar-refractivity contribution in [3.05, 3.63) is 95.6 Å². The van der Waals surface area contributed by atoms with Crippen molar-refractivity contribution in [2.45, 2.75) is 89.6 Å². The Morgan fingerprint density at radius 3 is 2.21 bits per heavy atom. The molecule has 0 spiro atoms. The van der Waals surface area contributed by atoms with E-state index in [2.05, 4.69) is 5.32 Å². The molecule has 0 aromatic heterocycles. The Bertz CT molecular complexity index is 1560. The molecule has 256 valence electrons. The SMILES string of the molecule is CC(=O)NC(Cc1ccccc1)C(=O)N([C@@H]1COc2ccc(SCC(=O)OC(C)(C)C)cc21)[C@@H](CC(C)C)C(=O)OCc1ccccc1. The lowest BCUT2D eigenvalue weighted by Crippen LogP contribution is -2.56. The number of thioether (sulfide) groups is 1. The second-order valence-corrected chi connectivity index (χ2v) is 14.4. The number of rotatable bonds is 14. The first-order chi connectivity index (χ1) is 22.8. The fraction of sp³-hybridized carbons (Fsp3) is 0.421. The highest BCUT2D eigenvalue weighted by molar-refractivity contribution is 8.00. The Kier molecular flexibility index (Phi) is 12.7. The van der Waals surface area contributed by atoms with Gasteiger partial charge in [-0.15, -0.1) is 11.8 Å². The van der Waals surface area contributed by atoms with E-state index in [4.69, 9.17) is 14.2 Å². The van der Waals surface area contributed by atoms with Crippen LogP contribution in [0.1, 0.15) is 70.7 Å². The Balaban J connectivity index is 1.72. The second-order valence-electron chi connectivity index (χ2n) is 13.3. The summed E-state index contributed by atoms with van der Waals surface area (Å²) in [5, 5.41) is 2.85. The summed E-state index contributed by atoms with van der Waals surface area (Å²) in [6, 6.07) is 21.8. The van der Waals surface area contributed by atoms with Gasteiger partial charge >= 0.3 is 11.9 Å². The lowest BCUT2D eigenvalue weighted by atomic mass is 9.96. The number of esters is 2. The first-order valence-corrected chi connectivity index (χ1v) is 17.2. The highest BCUT2D eigenvalue weighted by atomic mass is 32.2. The summed E-state index contributed by atoms with van der Waals surface area (Å²) in [6.45, 7) is 11.0. The van der Waals surface area contributed by atoms with E-state index in [1.165, 1.54) is 18.7 Å². The predicted molar refractivity (Wildman–Crippen MR) is 185 cm³/mol. The molecular formula is C38H46N2O7S. The summed E-state index contributed by atoms with van der Waals surface area (Å²) in [5.74, 6) is -0.932. The van der Waals surface area contributed by atoms with Gasteiger partial charge in [0.15, 0.2) is 0 Å². The molecule has 0 saturated carbocycles. The van der Waals surface area contributed by atoms with Crippen LogP contribution in [0.25, 0.3) is 0 Å². The van der Waals surface area contributed by atoms with E-state index in [-0.39, 0.29) is 43.2 Å². The third-order valence-electron chi connectivity index (χ3n) is 7.59. The fourth-order valence-corrected chi connectivity index (χ4v) is 6.32. The summed E-state index contributed by atoms with van der Waals surface area (Å²) < 4.78 is 17.4. The molecule has 1 unspecified atom stereocenters. The van der Waals surface area contributed by atoms with Crippen LogP contribution in [0, 0.1) is 5.92 Å². The number of fused-ring (bicyclic) bond motifs is 1. The van der Waals surface area contributed by atoms with Gasteiger partial charge in [-0.25, -0.2) is 4.79 Å². The molecule has 4 rings (SSSR count). The van der Waals surface area contributed by atoms with Crippen molar-refractivity contribution in [1.82, 2.24) is 10.2 Å². The summed E-state index contributed by atoms with van der Waals surface area (Å²) >= 11 is 1.32. The number of carbonyl (C=O) groups is 4. The molecule has 1 aliphatic rings. The number of benzene rings is 3. The van der Waals surface area contributed by atoms with E-state index in [1.54, 1.807) is 4.90 Å². The Morgan fingerprint density at radius 1 is 0.958 bits per heavy atom. The molecule has 48 heavy (non-hydrogen) atoms. The minimum Gasteiger partial charge on any atom is -0.491 e. The zero-order valence-corrected chi connectivity index (χ0v) is 29.4. The predicted octanol–water partition coefficient (Wildman–Crippen LogP) is 6.29. The van der Waals surface area contributed by atoms with E-state index < -0.39 is 35.6 Å². The van der Waals surface area contributed by atoms with E-state index >= 15 is 0 Å². The summed E-state index contributed by atoms with van der Waals surface area (Å²) in [4.78, 5) is 56.1. The maximum Gasteiger partial charge on any atom is 0.329 e. The highest BCUT2D eigenvalue weighted by Crippen LogP contribution is 2.41. The zero-order chi connectivity index (χ0) is 34.8. The van der Waals surface area contributed by atoms with Crippen LogP contribution < -0.4 is 10.1 Å². The summed E-state index contributed by atoms with van der Waals surface area (Å²) in [7, 11) is 0. The lowest BCUT2D eigenvalue weighted by Gasteiger charge is -2.38. The Hall–Kier alpha value is -4.31. The van der Waals surface area contributed by atoms with Gasteiger partial charge in [0.2, 0.25) is 11.8 Å². The van der Waals surface area contributed by atoms with Gasteiger partial charge in [0.1, 0.15) is 36.6 Å². The minimum absolute atomic E-state index is 0.0282. The number of nitrogens with one attached hydrogen (secondary N) is 1. The van der Waals surface area contributed by atoms with Gasteiger partial charge < -0.3 is 24.4 Å². The van der Waals surface area contributed by atoms with Crippen molar-refractivity contribution >= 4 is 35.5 Å². The normalized spacial score (nSPS) is 15.1. The van der Waals surface area contributed by atoms with Gasteiger partial charge in [0.25, 0.3) is 0 Å². The first kappa shape index (κ1) is 36.5. The summed E-state index contributed by atoms with van der Waals surface area (Å²) in [5.41, 5.74) is 1.80. The van der Waals surface area contributed by atoms with Crippen molar-refractivity contribution in [2.75, 3.05) is 12.4 Å². The van der Waals surface area contributed by atoms with Gasteiger partial charge in [0, 0.05) is 23.8 Å². The smallest absolute Gasteiger partial charge is 0.329 e. The van der Waals surface area contributed by atoms with Crippen molar-refractivity contribution in [3.63, 3.8) is 0 Å². The maximum atomic E-state index is 14.8. The minimum atomic E-state index is -0.967. The average molecular weight is 675 g/mol. The van der Waals surface area contributed by atoms with Crippen LogP contribution in [0.5, 0.6) is 5.75 Å². The molecule has 10 heteroatoms. The van der Waals surface area contributed by atoms with Crippen LogP contribution in [0.4, 0.5) is 0 Å². The topological polar surface area (TPSA) is 111 Å². The van der Waals surface area contributed by atoms with E-state index in [1.807, 2.05) is 113 Å². The van der Waals surface area contributed by atoms with Crippen LogP contribution in [0.3, 0.4) is 0 Å². The number of ether oxygens (including phenoxy) is 3. The standard InChI is InChI=1S/C38H46N2O7S/c1-25(2)19-32(37(44)46-22-28-15-11-8-12-16-28)40(36(43)31(39-26(3)41)20-27-13-9-7-10-14-27)33-23-45-34-18-17-29(21-30(33)34)48-24-35(42)47-38(4,5)6/h7-18,21,25,31-33H,19-20,22-24H2,1-6H3,(H,39,41)/t31?,32-,33+/m0/s1. The highest BCUT2D eigenvalue weighted by Gasteiger charge is 2.43. The van der Waals surface area contributed by atoms with E-state index in [0.29, 0.717) is 17.7 Å². The molecule has 2 amide bonds. The Labute approximate surface area is 287 Å².